The Morgan fingerprint density at radius 3 is 2.40 bits per heavy atom. The summed E-state index contributed by atoms with van der Waals surface area (Å²) < 4.78 is 12.6. The highest BCUT2D eigenvalue weighted by molar-refractivity contribution is 6.32. The monoisotopic (exact) mass is 579 g/mol. The van der Waals surface area contributed by atoms with Crippen LogP contribution in [0.25, 0.3) is 11.1 Å². The van der Waals surface area contributed by atoms with Crippen LogP contribution in [0.15, 0.2) is 67.0 Å². The van der Waals surface area contributed by atoms with Gasteiger partial charge >= 0.3 is 0 Å². The Labute approximate surface area is 252 Å². The normalized spacial score (nSPS) is 13.4. The van der Waals surface area contributed by atoms with Gasteiger partial charge in [0.25, 0.3) is 0 Å². The Morgan fingerprint density at radius 1 is 0.905 bits per heavy atom. The summed E-state index contributed by atoms with van der Waals surface area (Å²) in [5, 5.41) is 9.78. The number of rotatable bonds is 10. The molecule has 2 heterocycles. The van der Waals surface area contributed by atoms with Gasteiger partial charge in [0, 0.05) is 41.7 Å². The minimum Gasteiger partial charge on any atom is -0.488 e. The summed E-state index contributed by atoms with van der Waals surface area (Å²) in [7, 11) is 0. The van der Waals surface area contributed by atoms with Gasteiger partial charge < -0.3 is 9.47 Å². The largest absolute Gasteiger partial charge is 0.488 e. The second-order valence-electron chi connectivity index (χ2n) is 10.7. The number of carbonyl (C=O) groups excluding carboxylic acids is 1. The number of benzene rings is 3. The van der Waals surface area contributed by atoms with Gasteiger partial charge in [0.1, 0.15) is 37.1 Å². The maximum Gasteiger partial charge on any atom is 0.150 e. The van der Waals surface area contributed by atoms with E-state index in [0.29, 0.717) is 34.3 Å². The van der Waals surface area contributed by atoms with Crippen LogP contribution in [0.4, 0.5) is 0 Å². The molecule has 0 N–H and O–H groups in total. The molecule has 6 nitrogen and oxygen atoms in total. The number of nitriles is 1. The number of carbonyl (C=O) groups is 1. The number of hydrogen-bond acceptors (Lipinski definition) is 6. The Kier molecular flexibility index (Phi) is 9.53. The van der Waals surface area contributed by atoms with Crippen molar-refractivity contribution in [3.05, 3.63) is 111 Å². The summed E-state index contributed by atoms with van der Waals surface area (Å²) in [6, 6.07) is 19.6. The number of likely N-dealkylation sites (tertiary alicyclic amines) is 1. The minimum atomic E-state index is 0.275. The Balaban J connectivity index is 1.40. The molecule has 0 radical (unpaired) electrons. The first-order valence-electron chi connectivity index (χ1n) is 14.2. The summed E-state index contributed by atoms with van der Waals surface area (Å²) in [5.74, 6) is 1.25. The van der Waals surface area contributed by atoms with Gasteiger partial charge in [0.15, 0.2) is 0 Å². The fraction of sp³-hybridized carbons (Fsp3) is 0.286. The number of pyridine rings is 1. The van der Waals surface area contributed by atoms with E-state index in [4.69, 9.17) is 21.1 Å². The SMILES string of the molecule is Cc1c(C=O)cccc1-c1cccc(COc2cc(OCc3cncc(C#N)c3)c(CN3CCCCC3)cc2Cl)c1C. The molecule has 1 aliphatic heterocycles. The van der Waals surface area contributed by atoms with Crippen LogP contribution in [0, 0.1) is 25.2 Å². The molecule has 0 aliphatic carbocycles. The molecule has 42 heavy (non-hydrogen) atoms. The van der Waals surface area contributed by atoms with Crippen molar-refractivity contribution in [1.29, 1.82) is 5.26 Å². The Morgan fingerprint density at radius 2 is 1.64 bits per heavy atom. The van der Waals surface area contributed by atoms with Crippen LogP contribution in [-0.2, 0) is 19.8 Å². The van der Waals surface area contributed by atoms with E-state index in [1.165, 1.54) is 25.5 Å². The number of piperidine rings is 1. The van der Waals surface area contributed by atoms with Crippen molar-refractivity contribution in [2.24, 2.45) is 0 Å². The van der Waals surface area contributed by atoms with Crippen LogP contribution in [0.3, 0.4) is 0 Å². The summed E-state index contributed by atoms with van der Waals surface area (Å²) in [6.07, 6.45) is 7.79. The van der Waals surface area contributed by atoms with E-state index in [-0.39, 0.29) is 6.61 Å². The molecule has 1 aliphatic rings. The smallest absolute Gasteiger partial charge is 0.150 e. The fourth-order valence-electron chi connectivity index (χ4n) is 5.45. The van der Waals surface area contributed by atoms with Gasteiger partial charge in [0.2, 0.25) is 0 Å². The maximum absolute atomic E-state index is 11.5. The third-order valence-corrected chi connectivity index (χ3v) is 8.19. The van der Waals surface area contributed by atoms with Gasteiger partial charge in [-0.25, -0.2) is 0 Å². The van der Waals surface area contributed by atoms with Crippen LogP contribution < -0.4 is 9.47 Å². The molecule has 0 bridgehead atoms. The van der Waals surface area contributed by atoms with Crippen molar-refractivity contribution in [2.75, 3.05) is 13.1 Å². The highest BCUT2D eigenvalue weighted by Gasteiger charge is 2.18. The first-order valence-corrected chi connectivity index (χ1v) is 14.6. The molecule has 1 saturated heterocycles. The number of ether oxygens (including phenoxy) is 2. The average molecular weight is 580 g/mol. The van der Waals surface area contributed by atoms with E-state index in [1.807, 2.05) is 49.4 Å². The van der Waals surface area contributed by atoms with Crippen molar-refractivity contribution in [2.45, 2.75) is 52.9 Å². The lowest BCUT2D eigenvalue weighted by atomic mass is 9.92. The topological polar surface area (TPSA) is 75.5 Å². The van der Waals surface area contributed by atoms with Crippen molar-refractivity contribution >= 4 is 17.9 Å². The Bertz CT molecular complexity index is 1620. The number of nitrogens with zero attached hydrogens (tertiary/aromatic N) is 3. The van der Waals surface area contributed by atoms with Gasteiger partial charge in [-0.15, -0.1) is 0 Å². The standard InChI is InChI=1S/C35H34ClN3O3/c1-24-28(21-40)8-6-10-31(24)32-11-7-9-29(25(32)2)23-42-35-16-34(41-22-27-14-26(17-37)18-38-19-27)30(15-33(35)36)20-39-12-4-3-5-13-39/h6-11,14-16,18-19,21H,3-5,12-13,20,22-23H2,1-2H3. The number of halogens is 1. The predicted molar refractivity (Wildman–Crippen MR) is 165 cm³/mol. The first kappa shape index (κ1) is 29.3. The van der Waals surface area contributed by atoms with Crippen LogP contribution >= 0.6 is 11.6 Å². The van der Waals surface area contributed by atoms with E-state index < -0.39 is 0 Å². The highest BCUT2D eigenvalue weighted by atomic mass is 35.5. The van der Waals surface area contributed by atoms with Gasteiger partial charge in [-0.2, -0.15) is 5.26 Å². The number of aromatic nitrogens is 1. The summed E-state index contributed by atoms with van der Waals surface area (Å²) in [5.41, 5.74) is 8.17. The van der Waals surface area contributed by atoms with Gasteiger partial charge in [-0.3, -0.25) is 14.7 Å². The van der Waals surface area contributed by atoms with Crippen LogP contribution in [0.2, 0.25) is 5.02 Å². The van der Waals surface area contributed by atoms with E-state index in [0.717, 1.165) is 64.9 Å². The molecule has 1 aromatic heterocycles. The zero-order valence-corrected chi connectivity index (χ0v) is 24.8. The van der Waals surface area contributed by atoms with Gasteiger partial charge in [-0.05, 0) is 79.7 Å². The third-order valence-electron chi connectivity index (χ3n) is 7.90. The van der Waals surface area contributed by atoms with E-state index in [9.17, 15) is 10.1 Å². The molecule has 214 valence electrons. The molecule has 0 amide bonds. The molecule has 3 aromatic carbocycles. The number of aldehydes is 1. The van der Waals surface area contributed by atoms with E-state index in [2.05, 4.69) is 28.9 Å². The minimum absolute atomic E-state index is 0.275. The summed E-state index contributed by atoms with van der Waals surface area (Å²) in [6.45, 7) is 7.49. The molecule has 4 aromatic rings. The molecule has 0 saturated carbocycles. The second-order valence-corrected chi connectivity index (χ2v) is 11.1. The van der Waals surface area contributed by atoms with Gasteiger partial charge in [-0.1, -0.05) is 54.4 Å². The molecular formula is C35H34ClN3O3. The lowest BCUT2D eigenvalue weighted by Crippen LogP contribution is -2.29. The lowest BCUT2D eigenvalue weighted by molar-refractivity contribution is 0.112. The number of hydrogen-bond donors (Lipinski definition) is 0. The van der Waals surface area contributed by atoms with Crippen LogP contribution in [0.5, 0.6) is 11.5 Å². The average Bonchev–Trinajstić information content (AvgIpc) is 3.01. The lowest BCUT2D eigenvalue weighted by Gasteiger charge is -2.27. The molecule has 1 fully saturated rings. The van der Waals surface area contributed by atoms with Gasteiger partial charge in [0.05, 0.1) is 10.6 Å². The van der Waals surface area contributed by atoms with E-state index >= 15 is 0 Å². The van der Waals surface area contributed by atoms with Crippen molar-refractivity contribution < 1.29 is 14.3 Å². The van der Waals surface area contributed by atoms with Crippen LogP contribution in [0.1, 0.15) is 63.0 Å². The molecule has 5 rings (SSSR count). The zero-order valence-electron chi connectivity index (χ0n) is 24.0. The highest BCUT2D eigenvalue weighted by Crippen LogP contribution is 2.36. The first-order chi connectivity index (χ1) is 20.5. The maximum atomic E-state index is 11.5. The van der Waals surface area contributed by atoms with Crippen molar-refractivity contribution in [3.63, 3.8) is 0 Å². The van der Waals surface area contributed by atoms with Crippen molar-refractivity contribution in [1.82, 2.24) is 9.88 Å². The predicted octanol–water partition coefficient (Wildman–Crippen LogP) is 7.85. The van der Waals surface area contributed by atoms with Crippen molar-refractivity contribution in [3.8, 4) is 28.7 Å². The summed E-state index contributed by atoms with van der Waals surface area (Å²) in [4.78, 5) is 18.1. The van der Waals surface area contributed by atoms with Crippen LogP contribution in [-0.4, -0.2) is 29.3 Å². The molecule has 7 heteroatoms. The second kappa shape index (κ2) is 13.7. The Hall–Kier alpha value is -4.18. The van der Waals surface area contributed by atoms with E-state index in [1.54, 1.807) is 12.3 Å². The zero-order chi connectivity index (χ0) is 29.5. The molecule has 0 spiro atoms. The molecule has 0 unspecified atom stereocenters. The quantitative estimate of drug-likeness (QED) is 0.178. The summed E-state index contributed by atoms with van der Waals surface area (Å²) >= 11 is 6.78. The third kappa shape index (κ3) is 6.82. The fourth-order valence-corrected chi connectivity index (χ4v) is 5.69. The molecular weight excluding hydrogens is 546 g/mol. The molecule has 0 atom stereocenters.